The molecule has 0 bridgehead atoms. The van der Waals surface area contributed by atoms with E-state index in [1.165, 1.54) is 11.8 Å². The fourth-order valence-corrected chi connectivity index (χ4v) is 3.28. The van der Waals surface area contributed by atoms with E-state index >= 15 is 0 Å². The summed E-state index contributed by atoms with van der Waals surface area (Å²) < 4.78 is 0. The maximum atomic E-state index is 13.1. The van der Waals surface area contributed by atoms with E-state index in [-0.39, 0.29) is 25.5 Å². The van der Waals surface area contributed by atoms with Gasteiger partial charge in [0, 0.05) is 17.8 Å². The summed E-state index contributed by atoms with van der Waals surface area (Å²) in [5.74, 6) is -2.96. The predicted molar refractivity (Wildman–Crippen MR) is 132 cm³/mol. The van der Waals surface area contributed by atoms with E-state index in [4.69, 9.17) is 11.5 Å². The summed E-state index contributed by atoms with van der Waals surface area (Å²) in [7, 11) is 0. The molecule has 1 unspecified atom stereocenters. The fraction of sp³-hybridized carbons (Fsp3) is 0.292. The van der Waals surface area contributed by atoms with E-state index in [0.29, 0.717) is 17.7 Å². The van der Waals surface area contributed by atoms with Crippen molar-refractivity contribution >= 4 is 35.3 Å². The van der Waals surface area contributed by atoms with Gasteiger partial charge in [0.15, 0.2) is 5.96 Å². The van der Waals surface area contributed by atoms with Gasteiger partial charge in [-0.3, -0.25) is 24.3 Å². The van der Waals surface area contributed by atoms with Crippen molar-refractivity contribution in [3.63, 3.8) is 0 Å². The van der Waals surface area contributed by atoms with Crippen molar-refractivity contribution in [2.75, 3.05) is 18.0 Å². The minimum Gasteiger partial charge on any atom is -0.480 e. The van der Waals surface area contributed by atoms with Gasteiger partial charge >= 0.3 is 5.97 Å². The van der Waals surface area contributed by atoms with Gasteiger partial charge in [-0.1, -0.05) is 36.4 Å². The number of hydrogen-bond acceptors (Lipinski definition) is 5. The SMILES string of the molecule is CC(C(=O)N[C@@H](CCCN=C(N)N)C(=O)O)N(C(=O)CNC(=O)c1ccccc1)c1ccccc1. The standard InChI is InChI=1S/C24H30N6O5/c1-16(21(32)29-19(23(34)35)13-8-14-27-24(25)26)30(18-11-6-3-7-12-18)20(31)15-28-22(33)17-9-4-2-5-10-17/h2-7,9-12,16,19H,8,13-15H2,1H3,(H,28,33)(H,29,32)(H,34,35)(H4,25,26,27)/t16?,19-/m0/s1. The van der Waals surface area contributed by atoms with Gasteiger partial charge in [-0.25, -0.2) is 4.79 Å². The molecule has 2 rings (SSSR count). The average Bonchev–Trinajstić information content (AvgIpc) is 2.85. The number of carboxylic acids is 1. The molecule has 0 aliphatic rings. The van der Waals surface area contributed by atoms with Gasteiger partial charge in [-0.05, 0) is 44.0 Å². The lowest BCUT2D eigenvalue weighted by Gasteiger charge is -2.29. The zero-order valence-corrected chi connectivity index (χ0v) is 19.4. The van der Waals surface area contributed by atoms with E-state index in [0.717, 1.165) is 0 Å². The molecular formula is C24H30N6O5. The number of carboxylic acid groups (broad SMARTS) is 1. The fourth-order valence-electron chi connectivity index (χ4n) is 3.28. The number of guanidine groups is 1. The summed E-state index contributed by atoms with van der Waals surface area (Å²) in [5, 5.41) is 14.5. The molecule has 0 radical (unpaired) electrons. The Bertz CT molecular complexity index is 1040. The first-order chi connectivity index (χ1) is 16.7. The topological polar surface area (TPSA) is 180 Å². The van der Waals surface area contributed by atoms with Crippen LogP contribution in [0, 0.1) is 0 Å². The lowest BCUT2D eigenvalue weighted by molar-refractivity contribution is -0.142. The van der Waals surface area contributed by atoms with Crippen molar-refractivity contribution in [1.29, 1.82) is 0 Å². The maximum Gasteiger partial charge on any atom is 0.326 e. The van der Waals surface area contributed by atoms with Gasteiger partial charge < -0.3 is 27.2 Å². The summed E-state index contributed by atoms with van der Waals surface area (Å²) in [5.41, 5.74) is 11.3. The molecule has 2 atom stereocenters. The molecule has 3 amide bonds. The molecule has 7 N–H and O–H groups in total. The van der Waals surface area contributed by atoms with Crippen LogP contribution in [0.25, 0.3) is 0 Å². The van der Waals surface area contributed by atoms with Gasteiger partial charge in [0.1, 0.15) is 12.1 Å². The van der Waals surface area contributed by atoms with Crippen LogP contribution in [0.2, 0.25) is 0 Å². The first kappa shape index (κ1) is 26.8. The van der Waals surface area contributed by atoms with E-state index in [9.17, 15) is 24.3 Å². The van der Waals surface area contributed by atoms with Crippen molar-refractivity contribution in [1.82, 2.24) is 10.6 Å². The molecule has 0 fully saturated rings. The molecule has 2 aromatic carbocycles. The molecule has 0 saturated carbocycles. The van der Waals surface area contributed by atoms with E-state index in [1.54, 1.807) is 60.7 Å². The van der Waals surface area contributed by atoms with Crippen molar-refractivity contribution in [3.05, 3.63) is 66.2 Å². The third kappa shape index (κ3) is 8.46. The number of carbonyl (C=O) groups is 4. The number of nitrogens with one attached hydrogen (secondary N) is 2. The Balaban J connectivity index is 2.11. The van der Waals surface area contributed by atoms with Crippen molar-refractivity contribution in [2.24, 2.45) is 16.5 Å². The number of para-hydroxylation sites is 1. The summed E-state index contributed by atoms with van der Waals surface area (Å²) in [6.45, 7) is 1.34. The summed E-state index contributed by atoms with van der Waals surface area (Å²) in [6, 6.07) is 14.6. The molecule has 11 heteroatoms. The Morgan fingerprint density at radius 2 is 1.60 bits per heavy atom. The third-order valence-corrected chi connectivity index (χ3v) is 5.07. The zero-order chi connectivity index (χ0) is 25.8. The van der Waals surface area contributed by atoms with Gasteiger partial charge in [0.2, 0.25) is 11.8 Å². The lowest BCUT2D eigenvalue weighted by atomic mass is 10.1. The van der Waals surface area contributed by atoms with Crippen LogP contribution in [0.3, 0.4) is 0 Å². The molecule has 2 aromatic rings. The molecule has 0 saturated heterocycles. The third-order valence-electron chi connectivity index (χ3n) is 5.07. The number of benzene rings is 2. The van der Waals surface area contributed by atoms with Crippen LogP contribution >= 0.6 is 0 Å². The molecule has 35 heavy (non-hydrogen) atoms. The highest BCUT2D eigenvalue weighted by molar-refractivity contribution is 6.04. The molecule has 11 nitrogen and oxygen atoms in total. The summed E-state index contributed by atoms with van der Waals surface area (Å²) in [6.07, 6.45) is 0.424. The number of nitrogens with two attached hydrogens (primary N) is 2. The van der Waals surface area contributed by atoms with Crippen LogP contribution in [0.1, 0.15) is 30.1 Å². The van der Waals surface area contributed by atoms with Crippen LogP contribution in [0.5, 0.6) is 0 Å². The van der Waals surface area contributed by atoms with Crippen LogP contribution in [0.15, 0.2) is 65.7 Å². The number of rotatable bonds is 12. The Morgan fingerprint density at radius 1 is 1.00 bits per heavy atom. The monoisotopic (exact) mass is 482 g/mol. The largest absolute Gasteiger partial charge is 0.480 e. The highest BCUT2D eigenvalue weighted by atomic mass is 16.4. The highest BCUT2D eigenvalue weighted by Crippen LogP contribution is 2.17. The minimum absolute atomic E-state index is 0.0942. The maximum absolute atomic E-state index is 13.1. The van der Waals surface area contributed by atoms with Gasteiger partial charge in [0.05, 0.1) is 6.54 Å². The summed E-state index contributed by atoms with van der Waals surface area (Å²) in [4.78, 5) is 55.1. The van der Waals surface area contributed by atoms with Crippen LogP contribution in [0.4, 0.5) is 5.69 Å². The second-order valence-corrected chi connectivity index (χ2v) is 7.67. The molecule has 0 aliphatic carbocycles. The van der Waals surface area contributed by atoms with Crippen LogP contribution < -0.4 is 27.0 Å². The quantitative estimate of drug-likeness (QED) is 0.165. The predicted octanol–water partition coefficient (Wildman–Crippen LogP) is 0.461. The smallest absolute Gasteiger partial charge is 0.326 e. The molecule has 186 valence electrons. The highest BCUT2D eigenvalue weighted by Gasteiger charge is 2.30. The molecule has 0 aliphatic heterocycles. The first-order valence-electron chi connectivity index (χ1n) is 11.0. The number of amides is 3. The number of anilines is 1. The number of hydrogen-bond donors (Lipinski definition) is 5. The average molecular weight is 483 g/mol. The Morgan fingerprint density at radius 3 is 2.17 bits per heavy atom. The number of nitrogens with zero attached hydrogens (tertiary/aromatic N) is 2. The minimum atomic E-state index is -1.22. The molecule has 0 heterocycles. The normalized spacial score (nSPS) is 12.0. The number of aliphatic carboxylic acids is 1. The number of carbonyl (C=O) groups excluding carboxylic acids is 3. The lowest BCUT2D eigenvalue weighted by Crippen LogP contribution is -2.54. The molecular weight excluding hydrogens is 452 g/mol. The Kier molecular flexibility index (Phi) is 10.2. The zero-order valence-electron chi connectivity index (χ0n) is 19.4. The van der Waals surface area contributed by atoms with Gasteiger partial charge in [-0.2, -0.15) is 0 Å². The molecule has 0 spiro atoms. The summed E-state index contributed by atoms with van der Waals surface area (Å²) >= 11 is 0. The van der Waals surface area contributed by atoms with Crippen molar-refractivity contribution in [2.45, 2.75) is 31.8 Å². The van der Waals surface area contributed by atoms with Crippen molar-refractivity contribution < 1.29 is 24.3 Å². The second kappa shape index (κ2) is 13.3. The van der Waals surface area contributed by atoms with Crippen molar-refractivity contribution in [3.8, 4) is 0 Å². The Labute approximate surface area is 203 Å². The number of aliphatic imine (C=N–C) groups is 1. The van der Waals surface area contributed by atoms with E-state index in [2.05, 4.69) is 15.6 Å². The first-order valence-corrected chi connectivity index (χ1v) is 11.0. The van der Waals surface area contributed by atoms with Gasteiger partial charge in [0.25, 0.3) is 5.91 Å². The molecule has 0 aromatic heterocycles. The van der Waals surface area contributed by atoms with Crippen LogP contribution in [-0.2, 0) is 14.4 Å². The van der Waals surface area contributed by atoms with Crippen LogP contribution in [-0.4, -0.2) is 59.9 Å². The van der Waals surface area contributed by atoms with Gasteiger partial charge in [-0.15, -0.1) is 0 Å². The Hall–Kier alpha value is -4.41. The van der Waals surface area contributed by atoms with E-state index < -0.39 is 35.8 Å². The second-order valence-electron chi connectivity index (χ2n) is 7.67. The van der Waals surface area contributed by atoms with E-state index in [1.807, 2.05) is 0 Å².